The number of nitrogens with zero attached hydrogens (tertiary/aromatic N) is 2. The zero-order valence-electron chi connectivity index (χ0n) is 9.56. The monoisotopic (exact) mass is 224 g/mol. The highest BCUT2D eigenvalue weighted by atomic mass is 16.5. The van der Waals surface area contributed by atoms with Gasteiger partial charge in [0, 0.05) is 12.5 Å². The third kappa shape index (κ3) is 1.95. The van der Waals surface area contributed by atoms with Crippen LogP contribution in [0.2, 0.25) is 0 Å². The number of likely N-dealkylation sites (N-methyl/N-ethyl adjacent to an activating group) is 1. The molecule has 2 heterocycles. The van der Waals surface area contributed by atoms with Gasteiger partial charge in [0.2, 0.25) is 0 Å². The molecule has 5 nitrogen and oxygen atoms in total. The predicted molar refractivity (Wildman–Crippen MR) is 57.7 cm³/mol. The van der Waals surface area contributed by atoms with E-state index in [1.807, 2.05) is 7.05 Å². The molecule has 0 bridgehead atoms. The number of likely N-dealkylation sites (tertiary alicyclic amines) is 1. The minimum atomic E-state index is -0.943. The number of aromatic nitrogens is 1. The second kappa shape index (κ2) is 4.25. The van der Waals surface area contributed by atoms with Crippen molar-refractivity contribution in [2.45, 2.75) is 25.7 Å². The lowest BCUT2D eigenvalue weighted by Gasteiger charge is -2.28. The maximum absolute atomic E-state index is 11.1. The quantitative estimate of drug-likeness (QED) is 0.824. The highest BCUT2D eigenvalue weighted by molar-refractivity contribution is 5.90. The summed E-state index contributed by atoms with van der Waals surface area (Å²) in [7, 11) is 2.04. The van der Waals surface area contributed by atoms with Crippen LogP contribution in [0.15, 0.2) is 4.52 Å². The molecule has 0 saturated carbocycles. The van der Waals surface area contributed by atoms with E-state index in [9.17, 15) is 4.79 Å². The molecule has 2 rings (SSSR count). The first kappa shape index (κ1) is 11.1. The van der Waals surface area contributed by atoms with Crippen molar-refractivity contribution in [2.24, 2.45) is 0 Å². The molecule has 1 aromatic rings. The second-order valence-corrected chi connectivity index (χ2v) is 4.41. The number of carboxylic acid groups (broad SMARTS) is 1. The number of carbonyl (C=O) groups is 1. The summed E-state index contributed by atoms with van der Waals surface area (Å²) >= 11 is 0. The lowest BCUT2D eigenvalue weighted by atomic mass is 9.93. The maximum atomic E-state index is 11.1. The van der Waals surface area contributed by atoms with E-state index in [1.54, 1.807) is 6.92 Å². The molecule has 1 aliphatic rings. The summed E-state index contributed by atoms with van der Waals surface area (Å²) in [5.41, 5.74) is 0.719. The molecule has 0 spiro atoms. The molecule has 1 unspecified atom stereocenters. The molecule has 0 aliphatic carbocycles. The molecular weight excluding hydrogens is 208 g/mol. The van der Waals surface area contributed by atoms with Gasteiger partial charge < -0.3 is 14.5 Å². The number of piperidine rings is 1. The van der Waals surface area contributed by atoms with Gasteiger partial charge in [-0.2, -0.15) is 0 Å². The molecule has 1 aromatic heterocycles. The third-order valence-corrected chi connectivity index (χ3v) is 3.10. The first-order valence-corrected chi connectivity index (χ1v) is 5.47. The smallest absolute Gasteiger partial charge is 0.341 e. The summed E-state index contributed by atoms with van der Waals surface area (Å²) < 4.78 is 5.19. The SMILES string of the molecule is Cc1noc(C2CCCN(C)C2)c1C(=O)O. The van der Waals surface area contributed by atoms with Crippen molar-refractivity contribution in [1.82, 2.24) is 10.1 Å². The van der Waals surface area contributed by atoms with Crippen LogP contribution in [-0.4, -0.2) is 41.3 Å². The Kier molecular flexibility index (Phi) is 2.96. The first-order chi connectivity index (χ1) is 7.59. The summed E-state index contributed by atoms with van der Waals surface area (Å²) in [5.74, 6) is -0.246. The molecule has 1 saturated heterocycles. The average Bonchev–Trinajstić information content (AvgIpc) is 2.60. The van der Waals surface area contributed by atoms with Crippen molar-refractivity contribution < 1.29 is 14.4 Å². The van der Waals surface area contributed by atoms with Crippen LogP contribution in [0.1, 0.15) is 40.6 Å². The Morgan fingerprint density at radius 1 is 1.62 bits per heavy atom. The molecule has 1 N–H and O–H groups in total. The zero-order chi connectivity index (χ0) is 11.7. The fraction of sp³-hybridized carbons (Fsp3) is 0.636. The first-order valence-electron chi connectivity index (χ1n) is 5.47. The summed E-state index contributed by atoms with van der Waals surface area (Å²) in [6, 6.07) is 0. The minimum absolute atomic E-state index is 0.158. The van der Waals surface area contributed by atoms with Gasteiger partial charge >= 0.3 is 5.97 Å². The van der Waals surface area contributed by atoms with Gasteiger partial charge in [-0.3, -0.25) is 0 Å². The number of hydrogen-bond acceptors (Lipinski definition) is 4. The topological polar surface area (TPSA) is 66.6 Å². The number of aryl methyl sites for hydroxylation is 1. The average molecular weight is 224 g/mol. The Balaban J connectivity index is 2.29. The maximum Gasteiger partial charge on any atom is 0.341 e. The van der Waals surface area contributed by atoms with E-state index >= 15 is 0 Å². The summed E-state index contributed by atoms with van der Waals surface area (Å²) in [6.07, 6.45) is 2.04. The Hall–Kier alpha value is -1.36. The third-order valence-electron chi connectivity index (χ3n) is 3.10. The van der Waals surface area contributed by atoms with Gasteiger partial charge in [-0.05, 0) is 33.4 Å². The minimum Gasteiger partial charge on any atom is -0.477 e. The molecule has 0 aromatic carbocycles. The number of carboxylic acids is 1. The van der Waals surface area contributed by atoms with Gasteiger partial charge in [-0.1, -0.05) is 5.16 Å². The van der Waals surface area contributed by atoms with Crippen molar-refractivity contribution >= 4 is 5.97 Å². The molecule has 1 aliphatic heterocycles. The molecule has 0 radical (unpaired) electrons. The molecule has 5 heteroatoms. The van der Waals surface area contributed by atoms with Crippen LogP contribution >= 0.6 is 0 Å². The number of rotatable bonds is 2. The van der Waals surface area contributed by atoms with E-state index in [0.29, 0.717) is 11.5 Å². The Labute approximate surface area is 94.0 Å². The highest BCUT2D eigenvalue weighted by Gasteiger charge is 2.29. The van der Waals surface area contributed by atoms with E-state index in [-0.39, 0.29) is 11.5 Å². The van der Waals surface area contributed by atoms with Crippen LogP contribution in [-0.2, 0) is 0 Å². The summed E-state index contributed by atoms with van der Waals surface area (Å²) in [5, 5.41) is 12.9. The van der Waals surface area contributed by atoms with Gasteiger partial charge in [0.05, 0.1) is 5.69 Å². The molecule has 1 fully saturated rings. The van der Waals surface area contributed by atoms with E-state index in [0.717, 1.165) is 25.9 Å². The van der Waals surface area contributed by atoms with Crippen molar-refractivity contribution in [3.8, 4) is 0 Å². The van der Waals surface area contributed by atoms with Crippen LogP contribution in [0.4, 0.5) is 0 Å². The van der Waals surface area contributed by atoms with Crippen molar-refractivity contribution in [3.05, 3.63) is 17.0 Å². The van der Waals surface area contributed by atoms with Crippen molar-refractivity contribution in [2.75, 3.05) is 20.1 Å². The van der Waals surface area contributed by atoms with Gasteiger partial charge in [0.1, 0.15) is 5.56 Å². The molecular formula is C11H16N2O3. The number of aromatic carboxylic acids is 1. The van der Waals surface area contributed by atoms with E-state index < -0.39 is 5.97 Å². The van der Waals surface area contributed by atoms with E-state index in [2.05, 4.69) is 10.1 Å². The fourth-order valence-electron chi connectivity index (χ4n) is 2.31. The van der Waals surface area contributed by atoms with E-state index in [4.69, 9.17) is 9.63 Å². The number of hydrogen-bond donors (Lipinski definition) is 1. The normalized spacial score (nSPS) is 22.2. The molecule has 88 valence electrons. The van der Waals surface area contributed by atoms with E-state index in [1.165, 1.54) is 0 Å². The van der Waals surface area contributed by atoms with Crippen molar-refractivity contribution in [3.63, 3.8) is 0 Å². The predicted octanol–water partition coefficient (Wildman–Crippen LogP) is 1.49. The van der Waals surface area contributed by atoms with Crippen LogP contribution in [0.3, 0.4) is 0 Å². The van der Waals surface area contributed by atoms with Gasteiger partial charge in [0.15, 0.2) is 5.76 Å². The Morgan fingerprint density at radius 3 is 3.00 bits per heavy atom. The van der Waals surface area contributed by atoms with Crippen LogP contribution in [0, 0.1) is 6.92 Å². The molecule has 1 atom stereocenters. The molecule has 0 amide bonds. The fourth-order valence-corrected chi connectivity index (χ4v) is 2.31. The van der Waals surface area contributed by atoms with Gasteiger partial charge in [-0.15, -0.1) is 0 Å². The van der Waals surface area contributed by atoms with Crippen LogP contribution in [0.5, 0.6) is 0 Å². The van der Waals surface area contributed by atoms with Crippen molar-refractivity contribution in [1.29, 1.82) is 0 Å². The van der Waals surface area contributed by atoms with Gasteiger partial charge in [-0.25, -0.2) is 4.79 Å². The lowest BCUT2D eigenvalue weighted by molar-refractivity contribution is 0.0691. The van der Waals surface area contributed by atoms with Gasteiger partial charge in [0.25, 0.3) is 0 Å². The van der Waals surface area contributed by atoms with Crippen LogP contribution < -0.4 is 0 Å². The highest BCUT2D eigenvalue weighted by Crippen LogP contribution is 2.30. The standard InChI is InChI=1S/C11H16N2O3/c1-7-9(11(14)15)10(16-12-7)8-4-3-5-13(2)6-8/h8H,3-6H2,1-2H3,(H,14,15). The largest absolute Gasteiger partial charge is 0.477 e. The summed E-state index contributed by atoms with van der Waals surface area (Å²) in [6.45, 7) is 3.57. The molecule has 16 heavy (non-hydrogen) atoms. The van der Waals surface area contributed by atoms with Crippen LogP contribution in [0.25, 0.3) is 0 Å². The second-order valence-electron chi connectivity index (χ2n) is 4.41. The zero-order valence-corrected chi connectivity index (χ0v) is 9.56. The summed E-state index contributed by atoms with van der Waals surface area (Å²) in [4.78, 5) is 13.3. The lowest BCUT2D eigenvalue weighted by Crippen LogP contribution is -2.31. The Bertz CT molecular complexity index is 400. The Morgan fingerprint density at radius 2 is 2.38 bits per heavy atom.